The zero-order valence-corrected chi connectivity index (χ0v) is 13.5. The molecule has 0 spiro atoms. The van der Waals surface area contributed by atoms with E-state index in [0.29, 0.717) is 24.9 Å². The Morgan fingerprint density at radius 3 is 2.77 bits per heavy atom. The molecule has 1 aliphatic heterocycles. The van der Waals surface area contributed by atoms with Crippen LogP contribution in [-0.4, -0.2) is 50.9 Å². The molecule has 0 N–H and O–H groups in total. The summed E-state index contributed by atoms with van der Waals surface area (Å²) in [6, 6.07) is 9.04. The number of morpholine rings is 1. The van der Waals surface area contributed by atoms with Crippen LogP contribution in [0.25, 0.3) is 0 Å². The number of ether oxygens (including phenoxy) is 1. The predicted octanol–water partition coefficient (Wildman–Crippen LogP) is 2.04. The SMILES string of the molecule is O=S(=O)(CCN1CCO[C@H]2CCCC[C@@H]21)Oc1ccccc1. The number of hydrogen-bond donors (Lipinski definition) is 0. The Balaban J connectivity index is 1.56. The van der Waals surface area contributed by atoms with Gasteiger partial charge in [0.2, 0.25) is 0 Å². The fourth-order valence-electron chi connectivity index (χ4n) is 3.35. The lowest BCUT2D eigenvalue weighted by atomic mass is 9.90. The van der Waals surface area contributed by atoms with E-state index < -0.39 is 10.1 Å². The van der Waals surface area contributed by atoms with Crippen LogP contribution in [0.15, 0.2) is 30.3 Å². The van der Waals surface area contributed by atoms with Crippen molar-refractivity contribution in [1.29, 1.82) is 0 Å². The largest absolute Gasteiger partial charge is 0.382 e. The maximum absolute atomic E-state index is 12.1. The summed E-state index contributed by atoms with van der Waals surface area (Å²) in [4.78, 5) is 2.26. The fraction of sp³-hybridized carbons (Fsp3) is 0.625. The molecule has 3 rings (SSSR count). The van der Waals surface area contributed by atoms with Crippen molar-refractivity contribution in [3.8, 4) is 5.75 Å². The van der Waals surface area contributed by atoms with E-state index in [2.05, 4.69) is 4.90 Å². The van der Waals surface area contributed by atoms with Gasteiger partial charge in [-0.15, -0.1) is 0 Å². The third-order valence-electron chi connectivity index (χ3n) is 4.44. The highest BCUT2D eigenvalue weighted by Crippen LogP contribution is 2.28. The second-order valence-corrected chi connectivity index (χ2v) is 7.65. The van der Waals surface area contributed by atoms with Gasteiger partial charge in [0.1, 0.15) is 5.75 Å². The molecule has 0 amide bonds. The van der Waals surface area contributed by atoms with E-state index in [-0.39, 0.29) is 11.9 Å². The van der Waals surface area contributed by atoms with E-state index in [4.69, 9.17) is 8.92 Å². The Labute approximate surface area is 132 Å². The van der Waals surface area contributed by atoms with Gasteiger partial charge in [0, 0.05) is 19.1 Å². The van der Waals surface area contributed by atoms with Gasteiger partial charge in [-0.3, -0.25) is 4.90 Å². The minimum atomic E-state index is -3.55. The zero-order valence-electron chi connectivity index (χ0n) is 12.7. The smallest absolute Gasteiger partial charge is 0.310 e. The van der Waals surface area contributed by atoms with Crippen LogP contribution < -0.4 is 4.18 Å². The molecule has 22 heavy (non-hydrogen) atoms. The zero-order chi connectivity index (χ0) is 15.4. The highest BCUT2D eigenvalue weighted by atomic mass is 32.2. The molecule has 2 atom stereocenters. The van der Waals surface area contributed by atoms with Crippen LogP contribution in [0.5, 0.6) is 5.75 Å². The van der Waals surface area contributed by atoms with Gasteiger partial charge < -0.3 is 8.92 Å². The van der Waals surface area contributed by atoms with Gasteiger partial charge in [-0.25, -0.2) is 0 Å². The molecule has 1 aliphatic carbocycles. The third-order valence-corrected chi connectivity index (χ3v) is 5.57. The van der Waals surface area contributed by atoms with E-state index >= 15 is 0 Å². The molecule has 1 heterocycles. The van der Waals surface area contributed by atoms with E-state index in [1.165, 1.54) is 12.8 Å². The quantitative estimate of drug-likeness (QED) is 0.776. The first kappa shape index (κ1) is 15.8. The van der Waals surface area contributed by atoms with Gasteiger partial charge >= 0.3 is 10.1 Å². The monoisotopic (exact) mass is 325 g/mol. The molecular formula is C16H23NO4S. The minimum absolute atomic E-state index is 0.0190. The average Bonchev–Trinajstić information content (AvgIpc) is 2.53. The highest BCUT2D eigenvalue weighted by Gasteiger charge is 2.34. The van der Waals surface area contributed by atoms with Crippen molar-refractivity contribution in [1.82, 2.24) is 4.90 Å². The molecule has 122 valence electrons. The van der Waals surface area contributed by atoms with Crippen LogP contribution >= 0.6 is 0 Å². The van der Waals surface area contributed by atoms with Crippen molar-refractivity contribution >= 4 is 10.1 Å². The third kappa shape index (κ3) is 4.00. The Bertz CT molecular complexity index is 573. The van der Waals surface area contributed by atoms with Crippen LogP contribution in [0.4, 0.5) is 0 Å². The van der Waals surface area contributed by atoms with E-state index in [1.54, 1.807) is 24.3 Å². The van der Waals surface area contributed by atoms with Gasteiger partial charge in [0.05, 0.1) is 18.5 Å². The standard InChI is InChI=1S/C16H23NO4S/c18-22(19,21-14-6-2-1-3-7-14)13-11-17-10-12-20-16-9-5-4-8-15(16)17/h1-3,6-7,15-16H,4-5,8-13H2/t15-,16-/m0/s1. The molecule has 6 heteroatoms. The lowest BCUT2D eigenvalue weighted by molar-refractivity contribution is -0.0860. The van der Waals surface area contributed by atoms with Gasteiger partial charge in [0.15, 0.2) is 0 Å². The Morgan fingerprint density at radius 1 is 1.18 bits per heavy atom. The topological polar surface area (TPSA) is 55.8 Å². The molecule has 0 radical (unpaired) electrons. The van der Waals surface area contributed by atoms with Crippen LogP contribution in [-0.2, 0) is 14.9 Å². The van der Waals surface area contributed by atoms with E-state index in [0.717, 1.165) is 19.4 Å². The lowest BCUT2D eigenvalue weighted by Crippen LogP contribution is -2.53. The lowest BCUT2D eigenvalue weighted by Gasteiger charge is -2.43. The second kappa shape index (κ2) is 6.98. The van der Waals surface area contributed by atoms with Gasteiger partial charge in [-0.2, -0.15) is 8.42 Å². The number of nitrogens with zero attached hydrogens (tertiary/aromatic N) is 1. The van der Waals surface area contributed by atoms with Crippen molar-refractivity contribution < 1.29 is 17.3 Å². The second-order valence-electron chi connectivity index (χ2n) is 5.96. The molecule has 1 aromatic carbocycles. The summed E-state index contributed by atoms with van der Waals surface area (Å²) in [5.74, 6) is 0.394. The Hall–Kier alpha value is -1.11. The first-order valence-electron chi connectivity index (χ1n) is 7.97. The van der Waals surface area contributed by atoms with Crippen molar-refractivity contribution in [2.45, 2.75) is 37.8 Å². The molecule has 5 nitrogen and oxygen atoms in total. The molecule has 0 unspecified atom stereocenters. The molecule has 1 aromatic rings. The number of fused-ring (bicyclic) bond motifs is 1. The molecule has 0 aromatic heterocycles. The van der Waals surface area contributed by atoms with E-state index in [9.17, 15) is 8.42 Å². The molecule has 2 fully saturated rings. The predicted molar refractivity (Wildman–Crippen MR) is 84.4 cm³/mol. The first-order chi connectivity index (χ1) is 10.6. The van der Waals surface area contributed by atoms with Crippen molar-refractivity contribution in [3.63, 3.8) is 0 Å². The van der Waals surface area contributed by atoms with Gasteiger partial charge in [-0.05, 0) is 25.0 Å². The number of para-hydroxylation sites is 1. The number of benzene rings is 1. The molecule has 1 saturated carbocycles. The van der Waals surface area contributed by atoms with Crippen LogP contribution in [0.2, 0.25) is 0 Å². The van der Waals surface area contributed by atoms with Crippen LogP contribution in [0.3, 0.4) is 0 Å². The normalized spacial score (nSPS) is 26.4. The number of rotatable bonds is 5. The summed E-state index contributed by atoms with van der Waals surface area (Å²) < 4.78 is 35.2. The Morgan fingerprint density at radius 2 is 1.95 bits per heavy atom. The summed E-state index contributed by atoms with van der Waals surface area (Å²) in [5, 5.41) is 0. The summed E-state index contributed by atoms with van der Waals surface area (Å²) in [6.45, 7) is 2.02. The van der Waals surface area contributed by atoms with Crippen LogP contribution in [0.1, 0.15) is 25.7 Å². The summed E-state index contributed by atoms with van der Waals surface area (Å²) in [7, 11) is -3.55. The van der Waals surface area contributed by atoms with E-state index in [1.807, 2.05) is 6.07 Å². The molecule has 0 bridgehead atoms. The van der Waals surface area contributed by atoms with Gasteiger partial charge in [-0.1, -0.05) is 31.0 Å². The maximum atomic E-state index is 12.1. The molecule has 2 aliphatic rings. The molecule has 1 saturated heterocycles. The van der Waals surface area contributed by atoms with Gasteiger partial charge in [0.25, 0.3) is 0 Å². The number of hydrogen-bond acceptors (Lipinski definition) is 5. The summed E-state index contributed by atoms with van der Waals surface area (Å²) in [5.41, 5.74) is 0. The maximum Gasteiger partial charge on any atom is 0.310 e. The average molecular weight is 325 g/mol. The highest BCUT2D eigenvalue weighted by molar-refractivity contribution is 7.87. The summed E-state index contributed by atoms with van der Waals surface area (Å²) >= 11 is 0. The van der Waals surface area contributed by atoms with Crippen molar-refractivity contribution in [2.75, 3.05) is 25.4 Å². The summed E-state index contributed by atoms with van der Waals surface area (Å²) in [6.07, 6.45) is 4.89. The minimum Gasteiger partial charge on any atom is -0.382 e. The first-order valence-corrected chi connectivity index (χ1v) is 9.55. The van der Waals surface area contributed by atoms with Crippen molar-refractivity contribution in [2.24, 2.45) is 0 Å². The van der Waals surface area contributed by atoms with Crippen molar-refractivity contribution in [3.05, 3.63) is 30.3 Å². The van der Waals surface area contributed by atoms with Crippen LogP contribution in [0, 0.1) is 0 Å². The fourth-order valence-corrected chi connectivity index (χ4v) is 4.29. The Kier molecular flexibility index (Phi) is 5.00. The molecular weight excluding hydrogens is 302 g/mol.